The lowest BCUT2D eigenvalue weighted by Crippen LogP contribution is -2.43. The van der Waals surface area contributed by atoms with Crippen LogP contribution in [0, 0.1) is 0 Å². The molecular weight excluding hydrogens is 420 g/mol. The Morgan fingerprint density at radius 3 is 2.29 bits per heavy atom. The highest BCUT2D eigenvalue weighted by Crippen LogP contribution is 2.40. The molecule has 1 fully saturated rings. The van der Waals surface area contributed by atoms with E-state index in [-0.39, 0.29) is 5.54 Å². The van der Waals surface area contributed by atoms with Gasteiger partial charge in [0.2, 0.25) is 0 Å². The quantitative estimate of drug-likeness (QED) is 0.397. The highest BCUT2D eigenvalue weighted by molar-refractivity contribution is 5.98. The van der Waals surface area contributed by atoms with Crippen LogP contribution in [0.15, 0.2) is 72.9 Å². The van der Waals surface area contributed by atoms with Crippen molar-refractivity contribution in [1.29, 1.82) is 0 Å². The molecule has 0 aliphatic heterocycles. The minimum absolute atomic E-state index is 0.175. The van der Waals surface area contributed by atoms with E-state index in [1.54, 1.807) is 0 Å². The fourth-order valence-electron chi connectivity index (χ4n) is 4.90. The third kappa shape index (κ3) is 3.30. The second-order valence-corrected chi connectivity index (χ2v) is 10.0. The average molecular weight is 449 g/mol. The number of hydrogen-bond donors (Lipinski definition) is 2. The van der Waals surface area contributed by atoms with Gasteiger partial charge in [-0.1, -0.05) is 54.6 Å². The highest BCUT2D eigenvalue weighted by Gasteiger charge is 2.34. The van der Waals surface area contributed by atoms with Crippen molar-refractivity contribution in [3.05, 3.63) is 84.3 Å². The minimum Gasteiger partial charge on any atom is -0.321 e. The van der Waals surface area contributed by atoms with Gasteiger partial charge in [0.25, 0.3) is 0 Å². The monoisotopic (exact) mass is 448 g/mol. The predicted octanol–water partition coefficient (Wildman–Crippen LogP) is 5.14. The largest absolute Gasteiger partial charge is 0.321 e. The lowest BCUT2D eigenvalue weighted by molar-refractivity contribution is 0.253. The molecule has 1 aliphatic carbocycles. The van der Waals surface area contributed by atoms with Gasteiger partial charge in [0.05, 0.1) is 16.7 Å². The molecule has 3 aromatic heterocycles. The van der Waals surface area contributed by atoms with Gasteiger partial charge >= 0.3 is 0 Å². The summed E-state index contributed by atoms with van der Waals surface area (Å²) < 4.78 is 1.96. The van der Waals surface area contributed by atoms with Crippen molar-refractivity contribution in [3.63, 3.8) is 0 Å². The summed E-state index contributed by atoms with van der Waals surface area (Å²) in [5.74, 6) is 0.719. The van der Waals surface area contributed by atoms with E-state index >= 15 is 0 Å². The van der Waals surface area contributed by atoms with Crippen LogP contribution in [0.1, 0.15) is 44.5 Å². The van der Waals surface area contributed by atoms with Gasteiger partial charge < -0.3 is 11.5 Å². The van der Waals surface area contributed by atoms with E-state index in [0.29, 0.717) is 0 Å². The zero-order valence-corrected chi connectivity index (χ0v) is 19.5. The number of benzene rings is 2. The van der Waals surface area contributed by atoms with Gasteiger partial charge in [-0.25, -0.2) is 4.98 Å². The summed E-state index contributed by atoms with van der Waals surface area (Å²) in [5.41, 5.74) is 19.1. The van der Waals surface area contributed by atoms with E-state index in [1.807, 2.05) is 48.7 Å². The maximum absolute atomic E-state index is 6.55. The lowest BCUT2D eigenvalue weighted by atomic mass is 9.72. The molecule has 170 valence electrons. The zero-order chi connectivity index (χ0) is 23.5. The van der Waals surface area contributed by atoms with E-state index in [9.17, 15) is 0 Å². The van der Waals surface area contributed by atoms with Crippen LogP contribution < -0.4 is 11.5 Å². The van der Waals surface area contributed by atoms with Gasteiger partial charge in [-0.15, -0.1) is 10.2 Å². The van der Waals surface area contributed by atoms with Crippen LogP contribution in [0.2, 0.25) is 0 Å². The number of fused-ring (bicyclic) bond motifs is 3. The third-order valence-corrected chi connectivity index (χ3v) is 7.01. The lowest BCUT2D eigenvalue weighted by Gasteiger charge is -2.38. The third-order valence-electron chi connectivity index (χ3n) is 7.01. The van der Waals surface area contributed by atoms with Crippen LogP contribution in [0.25, 0.3) is 38.9 Å². The molecule has 34 heavy (non-hydrogen) atoms. The highest BCUT2D eigenvalue weighted by atomic mass is 15.3. The second-order valence-electron chi connectivity index (χ2n) is 10.0. The van der Waals surface area contributed by atoms with E-state index in [0.717, 1.165) is 57.6 Å². The molecule has 0 amide bonds. The molecule has 4 N–H and O–H groups in total. The van der Waals surface area contributed by atoms with Crippen molar-refractivity contribution in [1.82, 2.24) is 19.6 Å². The molecule has 0 spiro atoms. The number of nitrogens with zero attached hydrogens (tertiary/aromatic N) is 4. The Labute approximate surface area is 198 Å². The number of hydrogen-bond acceptors (Lipinski definition) is 5. The molecule has 0 bridgehead atoms. The van der Waals surface area contributed by atoms with E-state index in [1.165, 1.54) is 12.0 Å². The van der Waals surface area contributed by atoms with Crippen molar-refractivity contribution in [3.8, 4) is 22.4 Å². The molecule has 0 unspecified atom stereocenters. The summed E-state index contributed by atoms with van der Waals surface area (Å²) in [6.07, 6.45) is 5.25. The van der Waals surface area contributed by atoms with Gasteiger partial charge in [0.15, 0.2) is 11.5 Å². The predicted molar refractivity (Wildman–Crippen MR) is 136 cm³/mol. The molecule has 6 nitrogen and oxygen atoms in total. The fourth-order valence-corrected chi connectivity index (χ4v) is 4.90. The molecule has 2 aromatic carbocycles. The number of pyridine rings is 2. The summed E-state index contributed by atoms with van der Waals surface area (Å²) in [6, 6.07) is 23.1. The minimum atomic E-state index is -0.606. The van der Waals surface area contributed by atoms with Crippen LogP contribution in [-0.4, -0.2) is 19.6 Å². The zero-order valence-electron chi connectivity index (χ0n) is 19.5. The van der Waals surface area contributed by atoms with Crippen molar-refractivity contribution in [2.24, 2.45) is 11.5 Å². The summed E-state index contributed by atoms with van der Waals surface area (Å²) in [4.78, 5) is 5.13. The Bertz CT molecular complexity index is 1510. The van der Waals surface area contributed by atoms with Gasteiger partial charge in [0.1, 0.15) is 0 Å². The van der Waals surface area contributed by atoms with E-state index in [2.05, 4.69) is 52.7 Å². The Morgan fingerprint density at radius 2 is 1.65 bits per heavy atom. The van der Waals surface area contributed by atoms with Gasteiger partial charge in [0, 0.05) is 28.2 Å². The van der Waals surface area contributed by atoms with Crippen LogP contribution >= 0.6 is 0 Å². The molecule has 0 saturated heterocycles. The standard InChI is InChI=1S/C28H28N6/c1-27(2,29)26-33-32-25-22-17-21(18-7-4-3-5-8-18)24(31-23(22)13-16-34(25)26)19-9-11-20(12-10-19)28(30)14-6-15-28/h3-5,7-13,16-17H,6,14-15,29-30H2,1-2H3. The Kier molecular flexibility index (Phi) is 4.59. The molecule has 6 heteroatoms. The maximum Gasteiger partial charge on any atom is 0.170 e. The first-order valence-corrected chi connectivity index (χ1v) is 11.8. The topological polar surface area (TPSA) is 95.1 Å². The summed E-state index contributed by atoms with van der Waals surface area (Å²) in [6.45, 7) is 3.87. The van der Waals surface area contributed by atoms with Crippen LogP contribution in [0.4, 0.5) is 0 Å². The smallest absolute Gasteiger partial charge is 0.170 e. The van der Waals surface area contributed by atoms with Gasteiger partial charge in [-0.05, 0) is 56.4 Å². The first-order chi connectivity index (χ1) is 16.3. The van der Waals surface area contributed by atoms with Crippen LogP contribution in [-0.2, 0) is 11.1 Å². The van der Waals surface area contributed by atoms with Crippen LogP contribution in [0.3, 0.4) is 0 Å². The number of nitrogens with two attached hydrogens (primary N) is 2. The van der Waals surface area contributed by atoms with Crippen molar-refractivity contribution in [2.45, 2.75) is 44.2 Å². The van der Waals surface area contributed by atoms with E-state index < -0.39 is 5.54 Å². The molecule has 1 aliphatic rings. The molecule has 0 radical (unpaired) electrons. The second kappa shape index (κ2) is 7.45. The fraction of sp³-hybridized carbons (Fsp3) is 0.250. The first-order valence-electron chi connectivity index (χ1n) is 11.8. The van der Waals surface area contributed by atoms with Gasteiger partial charge in [-0.3, -0.25) is 4.40 Å². The first kappa shape index (κ1) is 21.0. The molecule has 6 rings (SSSR count). The Morgan fingerprint density at radius 1 is 0.912 bits per heavy atom. The van der Waals surface area contributed by atoms with Crippen LogP contribution in [0.5, 0.6) is 0 Å². The summed E-state index contributed by atoms with van der Waals surface area (Å²) in [5, 5.41) is 9.82. The SMILES string of the molecule is CC(C)(N)c1nnc2c3cc(-c4ccccc4)c(-c4ccc(C5(N)CCC5)cc4)nc3ccn12. The van der Waals surface area contributed by atoms with Crippen molar-refractivity contribution >= 4 is 16.6 Å². The molecule has 5 aromatic rings. The molecular formula is C28H28N6. The molecule has 3 heterocycles. The normalized spacial score (nSPS) is 15.5. The number of rotatable bonds is 4. The summed E-state index contributed by atoms with van der Waals surface area (Å²) >= 11 is 0. The Hall–Kier alpha value is -3.61. The van der Waals surface area contributed by atoms with E-state index in [4.69, 9.17) is 16.5 Å². The van der Waals surface area contributed by atoms with Gasteiger partial charge in [-0.2, -0.15) is 0 Å². The number of aromatic nitrogens is 4. The average Bonchev–Trinajstić information content (AvgIpc) is 3.28. The maximum atomic E-state index is 6.55. The molecule has 0 atom stereocenters. The molecule has 1 saturated carbocycles. The Balaban J connectivity index is 1.57. The summed E-state index contributed by atoms with van der Waals surface area (Å²) in [7, 11) is 0. The van der Waals surface area contributed by atoms with Crippen molar-refractivity contribution < 1.29 is 0 Å². The van der Waals surface area contributed by atoms with Crippen molar-refractivity contribution in [2.75, 3.05) is 0 Å².